The monoisotopic (exact) mass is 339 g/mol. The first-order valence-corrected chi connectivity index (χ1v) is 6.93. The summed E-state index contributed by atoms with van der Waals surface area (Å²) in [6.45, 7) is 1.86. The Balaban J connectivity index is 1.51. The van der Waals surface area contributed by atoms with E-state index in [1.165, 1.54) is 17.5 Å². The number of benzene rings is 1. The zero-order valence-electron chi connectivity index (χ0n) is 9.45. The topological polar surface area (TPSA) is 25.2 Å². The van der Waals surface area contributed by atoms with Gasteiger partial charge in [-0.1, -0.05) is 24.3 Å². The first-order chi connectivity index (χ1) is 8.33. The predicted molar refractivity (Wildman–Crippen MR) is 76.0 cm³/mol. The van der Waals surface area contributed by atoms with Gasteiger partial charge in [0.25, 0.3) is 0 Å². The van der Waals surface area contributed by atoms with Crippen LogP contribution in [0.5, 0.6) is 0 Å². The summed E-state index contributed by atoms with van der Waals surface area (Å²) in [4.78, 5) is 0. The maximum Gasteiger partial charge on any atom is 0.164 e. The van der Waals surface area contributed by atoms with Crippen molar-refractivity contribution in [3.63, 3.8) is 0 Å². The number of furan rings is 1. The van der Waals surface area contributed by atoms with Crippen LogP contribution in [-0.2, 0) is 13.0 Å². The molecular formula is C14H14INO. The van der Waals surface area contributed by atoms with Crippen molar-refractivity contribution in [3.8, 4) is 0 Å². The number of hydrogen-bond acceptors (Lipinski definition) is 2. The third kappa shape index (κ3) is 2.40. The van der Waals surface area contributed by atoms with Crippen molar-refractivity contribution in [1.29, 1.82) is 0 Å². The molecule has 0 fully saturated rings. The highest BCUT2D eigenvalue weighted by Crippen LogP contribution is 2.33. The van der Waals surface area contributed by atoms with Crippen molar-refractivity contribution in [3.05, 3.63) is 57.1 Å². The van der Waals surface area contributed by atoms with E-state index in [0.29, 0.717) is 5.92 Å². The number of rotatable bonds is 4. The Labute approximate surface area is 115 Å². The lowest BCUT2D eigenvalue weighted by Crippen LogP contribution is -2.28. The largest absolute Gasteiger partial charge is 0.454 e. The van der Waals surface area contributed by atoms with Gasteiger partial charge in [0.1, 0.15) is 5.76 Å². The Kier molecular flexibility index (Phi) is 3.20. The van der Waals surface area contributed by atoms with E-state index >= 15 is 0 Å². The van der Waals surface area contributed by atoms with E-state index in [9.17, 15) is 0 Å². The van der Waals surface area contributed by atoms with Crippen LogP contribution in [-0.4, -0.2) is 6.54 Å². The molecule has 1 unspecified atom stereocenters. The van der Waals surface area contributed by atoms with Gasteiger partial charge in [-0.2, -0.15) is 0 Å². The smallest absolute Gasteiger partial charge is 0.164 e. The fraction of sp³-hybridized carbons (Fsp3) is 0.286. The van der Waals surface area contributed by atoms with Crippen LogP contribution in [0.3, 0.4) is 0 Å². The molecule has 0 radical (unpaired) electrons. The normalized spacial score (nSPS) is 17.6. The molecular weight excluding hydrogens is 325 g/mol. The number of halogens is 1. The molecule has 0 saturated heterocycles. The summed E-state index contributed by atoms with van der Waals surface area (Å²) >= 11 is 2.19. The minimum Gasteiger partial charge on any atom is -0.454 e. The standard InChI is InChI=1S/C14H14INO/c15-14-6-5-12(17-14)9-16-8-11-7-10-3-1-2-4-13(10)11/h1-6,11,16H,7-9H2. The Morgan fingerprint density at radius 3 is 2.88 bits per heavy atom. The highest BCUT2D eigenvalue weighted by molar-refractivity contribution is 14.1. The molecule has 1 atom stereocenters. The maximum absolute atomic E-state index is 5.51. The molecule has 1 aliphatic rings. The number of fused-ring (bicyclic) bond motifs is 1. The van der Waals surface area contributed by atoms with Crippen molar-refractivity contribution in [1.82, 2.24) is 5.32 Å². The van der Waals surface area contributed by atoms with Crippen LogP contribution < -0.4 is 5.32 Å². The second-order valence-corrected chi connectivity index (χ2v) is 5.50. The summed E-state index contributed by atoms with van der Waals surface area (Å²) < 4.78 is 6.46. The molecule has 88 valence electrons. The molecule has 0 spiro atoms. The van der Waals surface area contributed by atoms with E-state index < -0.39 is 0 Å². The van der Waals surface area contributed by atoms with Gasteiger partial charge in [0, 0.05) is 12.5 Å². The summed E-state index contributed by atoms with van der Waals surface area (Å²) in [5.41, 5.74) is 3.01. The molecule has 2 nitrogen and oxygen atoms in total. The quantitative estimate of drug-likeness (QED) is 0.865. The Bertz CT molecular complexity index is 520. The number of hydrogen-bond donors (Lipinski definition) is 1. The summed E-state index contributed by atoms with van der Waals surface area (Å²) in [5.74, 6) is 1.70. The fourth-order valence-corrected chi connectivity index (χ4v) is 2.82. The summed E-state index contributed by atoms with van der Waals surface area (Å²) in [5, 5.41) is 3.46. The van der Waals surface area contributed by atoms with Crippen LogP contribution in [0.4, 0.5) is 0 Å². The highest BCUT2D eigenvalue weighted by atomic mass is 127. The van der Waals surface area contributed by atoms with Crippen LogP contribution in [0.2, 0.25) is 0 Å². The lowest BCUT2D eigenvalue weighted by molar-refractivity contribution is 0.448. The zero-order valence-corrected chi connectivity index (χ0v) is 11.6. The summed E-state index contributed by atoms with van der Waals surface area (Å²) in [6.07, 6.45) is 1.21. The third-order valence-electron chi connectivity index (χ3n) is 3.28. The van der Waals surface area contributed by atoms with Gasteiger partial charge >= 0.3 is 0 Å². The third-order valence-corrected chi connectivity index (χ3v) is 3.86. The highest BCUT2D eigenvalue weighted by Gasteiger charge is 2.24. The molecule has 1 aromatic carbocycles. The van der Waals surface area contributed by atoms with Crippen LogP contribution in [0, 0.1) is 3.77 Å². The molecule has 0 bridgehead atoms. The van der Waals surface area contributed by atoms with Crippen molar-refractivity contribution in [2.45, 2.75) is 18.9 Å². The Hall–Kier alpha value is -0.810. The molecule has 1 heterocycles. The first-order valence-electron chi connectivity index (χ1n) is 5.85. The van der Waals surface area contributed by atoms with Gasteiger partial charge < -0.3 is 9.73 Å². The molecule has 17 heavy (non-hydrogen) atoms. The first kappa shape index (κ1) is 11.3. The van der Waals surface area contributed by atoms with E-state index in [2.05, 4.69) is 52.2 Å². The van der Waals surface area contributed by atoms with Gasteiger partial charge in [-0.25, -0.2) is 0 Å². The van der Waals surface area contributed by atoms with Gasteiger partial charge in [0.05, 0.1) is 6.54 Å². The molecule has 1 aliphatic carbocycles. The van der Waals surface area contributed by atoms with Gasteiger partial charge in [-0.3, -0.25) is 0 Å². The molecule has 3 heteroatoms. The van der Waals surface area contributed by atoms with Gasteiger partial charge in [0.2, 0.25) is 0 Å². The van der Waals surface area contributed by atoms with Gasteiger partial charge in [-0.05, 0) is 52.3 Å². The molecule has 0 amide bonds. The average Bonchev–Trinajstić information content (AvgIpc) is 2.71. The summed E-state index contributed by atoms with van der Waals surface area (Å²) in [6, 6.07) is 12.7. The van der Waals surface area contributed by atoms with E-state index in [0.717, 1.165) is 22.6 Å². The molecule has 1 aromatic heterocycles. The molecule has 3 rings (SSSR count). The second-order valence-electron chi connectivity index (χ2n) is 4.44. The molecule has 2 aromatic rings. The van der Waals surface area contributed by atoms with E-state index in [4.69, 9.17) is 4.42 Å². The van der Waals surface area contributed by atoms with Crippen molar-refractivity contribution in [2.75, 3.05) is 6.54 Å². The SMILES string of the molecule is Ic1ccc(CNCC2Cc3ccccc32)o1. The maximum atomic E-state index is 5.51. The Morgan fingerprint density at radius 1 is 1.24 bits per heavy atom. The summed E-state index contributed by atoms with van der Waals surface area (Å²) in [7, 11) is 0. The zero-order chi connectivity index (χ0) is 11.7. The second kappa shape index (κ2) is 4.82. The number of nitrogens with one attached hydrogen (secondary N) is 1. The van der Waals surface area contributed by atoms with E-state index in [1.807, 2.05) is 12.1 Å². The Morgan fingerprint density at radius 2 is 2.12 bits per heavy atom. The van der Waals surface area contributed by atoms with Crippen LogP contribution >= 0.6 is 22.6 Å². The minimum atomic E-state index is 0.681. The minimum absolute atomic E-state index is 0.681. The van der Waals surface area contributed by atoms with Gasteiger partial charge in [0.15, 0.2) is 3.77 Å². The average molecular weight is 339 g/mol. The van der Waals surface area contributed by atoms with Crippen LogP contribution in [0.1, 0.15) is 22.8 Å². The van der Waals surface area contributed by atoms with E-state index in [-0.39, 0.29) is 0 Å². The molecule has 0 aliphatic heterocycles. The van der Waals surface area contributed by atoms with Crippen LogP contribution in [0.15, 0.2) is 40.8 Å². The fourth-order valence-electron chi connectivity index (χ4n) is 2.36. The van der Waals surface area contributed by atoms with Crippen molar-refractivity contribution >= 4 is 22.6 Å². The van der Waals surface area contributed by atoms with Gasteiger partial charge in [-0.15, -0.1) is 0 Å². The lowest BCUT2D eigenvalue weighted by Gasteiger charge is -2.30. The van der Waals surface area contributed by atoms with E-state index in [1.54, 1.807) is 0 Å². The molecule has 1 N–H and O–H groups in total. The lowest BCUT2D eigenvalue weighted by atomic mass is 9.77. The van der Waals surface area contributed by atoms with Crippen LogP contribution in [0.25, 0.3) is 0 Å². The molecule has 0 saturated carbocycles. The van der Waals surface area contributed by atoms with Crippen molar-refractivity contribution < 1.29 is 4.42 Å². The van der Waals surface area contributed by atoms with Crippen molar-refractivity contribution in [2.24, 2.45) is 0 Å². The predicted octanol–water partition coefficient (Wildman–Crippen LogP) is 3.31.